The maximum Gasteiger partial charge on any atom is 0.175 e. The molecule has 8 heteroatoms. The highest BCUT2D eigenvalue weighted by Crippen LogP contribution is 2.23. The normalized spacial score (nSPS) is 11.4. The van der Waals surface area contributed by atoms with E-state index in [1.165, 1.54) is 12.1 Å². The van der Waals surface area contributed by atoms with Crippen LogP contribution in [0.15, 0.2) is 61.3 Å². The Labute approximate surface area is 140 Å². The molecule has 0 spiro atoms. The molecule has 5 rings (SSSR count). The van der Waals surface area contributed by atoms with E-state index in [0.29, 0.717) is 17.1 Å². The van der Waals surface area contributed by atoms with Crippen LogP contribution in [0, 0.1) is 5.82 Å². The highest BCUT2D eigenvalue weighted by Gasteiger charge is 2.15. The molecule has 0 saturated heterocycles. The van der Waals surface area contributed by atoms with Gasteiger partial charge in [-0.1, -0.05) is 0 Å². The Balaban J connectivity index is 1.73. The summed E-state index contributed by atoms with van der Waals surface area (Å²) in [6, 6.07) is 9.83. The Morgan fingerprint density at radius 3 is 2.60 bits per heavy atom. The molecule has 0 aliphatic heterocycles. The minimum Gasteiger partial charge on any atom is -0.264 e. The van der Waals surface area contributed by atoms with Crippen LogP contribution >= 0.6 is 0 Å². The molecule has 0 aliphatic rings. The monoisotopic (exact) mass is 331 g/mol. The Kier molecular flexibility index (Phi) is 2.84. The first-order valence-corrected chi connectivity index (χ1v) is 7.55. The lowest BCUT2D eigenvalue weighted by atomic mass is 10.3. The summed E-state index contributed by atoms with van der Waals surface area (Å²) in [5, 5.41) is 13.7. The largest absolute Gasteiger partial charge is 0.264 e. The van der Waals surface area contributed by atoms with Gasteiger partial charge < -0.3 is 0 Å². The molecule has 0 unspecified atom stereocenters. The van der Waals surface area contributed by atoms with Gasteiger partial charge in [-0.15, -0.1) is 10.2 Å². The van der Waals surface area contributed by atoms with E-state index in [1.807, 2.05) is 12.1 Å². The molecule has 0 N–H and O–H groups in total. The molecule has 0 atom stereocenters. The number of nitrogens with zero attached hydrogens (tertiary/aromatic N) is 7. The van der Waals surface area contributed by atoms with Gasteiger partial charge in [-0.2, -0.15) is 5.10 Å². The molecule has 0 fully saturated rings. The van der Waals surface area contributed by atoms with Crippen LogP contribution in [0.5, 0.6) is 0 Å². The van der Waals surface area contributed by atoms with Crippen LogP contribution in [-0.4, -0.2) is 34.3 Å². The molecule has 0 radical (unpaired) electrons. The van der Waals surface area contributed by atoms with Crippen molar-refractivity contribution >= 4 is 16.7 Å². The van der Waals surface area contributed by atoms with Gasteiger partial charge in [0.15, 0.2) is 17.1 Å². The first-order valence-electron chi connectivity index (χ1n) is 7.55. The number of aromatic nitrogens is 7. The number of hydrogen-bond donors (Lipinski definition) is 0. The van der Waals surface area contributed by atoms with E-state index in [9.17, 15) is 4.39 Å². The third-order valence-corrected chi connectivity index (χ3v) is 3.97. The highest BCUT2D eigenvalue weighted by atomic mass is 19.1. The molecule has 120 valence electrons. The zero-order chi connectivity index (χ0) is 16.8. The second-order valence-electron chi connectivity index (χ2n) is 5.47. The molecule has 0 saturated carbocycles. The molecule has 25 heavy (non-hydrogen) atoms. The molecule has 5 aromatic rings. The fourth-order valence-electron chi connectivity index (χ4n) is 2.78. The molecule has 4 aromatic heterocycles. The summed E-state index contributed by atoms with van der Waals surface area (Å²) < 4.78 is 16.6. The number of pyridine rings is 1. The summed E-state index contributed by atoms with van der Waals surface area (Å²) in [5.41, 5.74) is 2.85. The second-order valence-corrected chi connectivity index (χ2v) is 5.47. The van der Waals surface area contributed by atoms with Crippen LogP contribution in [0.2, 0.25) is 0 Å². The van der Waals surface area contributed by atoms with Crippen molar-refractivity contribution in [3.63, 3.8) is 0 Å². The summed E-state index contributed by atoms with van der Waals surface area (Å²) >= 11 is 0. The van der Waals surface area contributed by atoms with Crippen LogP contribution in [-0.2, 0) is 0 Å². The van der Waals surface area contributed by atoms with Crippen molar-refractivity contribution in [1.82, 2.24) is 34.3 Å². The summed E-state index contributed by atoms with van der Waals surface area (Å²) in [7, 11) is 0. The van der Waals surface area contributed by atoms with E-state index >= 15 is 0 Å². The fraction of sp³-hybridized carbons (Fsp3) is 0. The van der Waals surface area contributed by atoms with Gasteiger partial charge in [0.05, 0.1) is 17.3 Å². The van der Waals surface area contributed by atoms with E-state index in [-0.39, 0.29) is 5.82 Å². The summed E-state index contributed by atoms with van der Waals surface area (Å²) in [6.45, 7) is 0. The molecule has 1 aromatic carbocycles. The third-order valence-electron chi connectivity index (χ3n) is 3.97. The number of halogens is 1. The van der Waals surface area contributed by atoms with Crippen molar-refractivity contribution < 1.29 is 4.39 Å². The van der Waals surface area contributed by atoms with Gasteiger partial charge in [0.25, 0.3) is 0 Å². The van der Waals surface area contributed by atoms with Crippen LogP contribution in [0.3, 0.4) is 0 Å². The van der Waals surface area contributed by atoms with Gasteiger partial charge in [0.2, 0.25) is 0 Å². The van der Waals surface area contributed by atoms with Crippen LogP contribution in [0.4, 0.5) is 4.39 Å². The lowest BCUT2D eigenvalue weighted by Crippen LogP contribution is -1.99. The summed E-state index contributed by atoms with van der Waals surface area (Å²) in [6.07, 6.45) is 6.77. The topological polar surface area (TPSA) is 73.8 Å². The molecule has 7 nitrogen and oxygen atoms in total. The number of rotatable bonds is 2. The van der Waals surface area contributed by atoms with Crippen molar-refractivity contribution in [1.29, 1.82) is 0 Å². The second kappa shape index (κ2) is 5.17. The van der Waals surface area contributed by atoms with Crippen LogP contribution < -0.4 is 0 Å². The van der Waals surface area contributed by atoms with E-state index in [4.69, 9.17) is 0 Å². The number of hydrogen-bond acceptors (Lipinski definition) is 5. The summed E-state index contributed by atoms with van der Waals surface area (Å²) in [5.74, 6) is 0.362. The maximum atomic E-state index is 13.1. The zero-order valence-electron chi connectivity index (χ0n) is 12.8. The Hall–Kier alpha value is -3.68. The Bertz CT molecular complexity index is 1190. The third kappa shape index (κ3) is 2.08. The molecular formula is C17H10FN7. The molecule has 0 amide bonds. The van der Waals surface area contributed by atoms with Gasteiger partial charge in [-0.05, 0) is 36.4 Å². The highest BCUT2D eigenvalue weighted by molar-refractivity contribution is 5.90. The first-order chi connectivity index (χ1) is 12.3. The van der Waals surface area contributed by atoms with Crippen molar-refractivity contribution in [2.75, 3.05) is 0 Å². The standard InChI is InChI=1S/C17H10FN7/c18-12-3-5-13(6-4-12)25-16-14(9-21-25)17-23-22-15(24(17)10-20-16)11-2-1-7-19-8-11/h1-10H. The van der Waals surface area contributed by atoms with Gasteiger partial charge >= 0.3 is 0 Å². The van der Waals surface area contributed by atoms with Gasteiger partial charge in [0.1, 0.15) is 12.1 Å². The van der Waals surface area contributed by atoms with Crippen molar-refractivity contribution in [3.05, 3.63) is 67.1 Å². The summed E-state index contributed by atoms with van der Waals surface area (Å²) in [4.78, 5) is 8.61. The van der Waals surface area contributed by atoms with Crippen molar-refractivity contribution in [3.8, 4) is 17.1 Å². The van der Waals surface area contributed by atoms with E-state index in [1.54, 1.807) is 46.1 Å². The van der Waals surface area contributed by atoms with E-state index in [2.05, 4.69) is 25.3 Å². The van der Waals surface area contributed by atoms with Crippen LogP contribution in [0.25, 0.3) is 33.8 Å². The minimum atomic E-state index is -0.297. The smallest absolute Gasteiger partial charge is 0.175 e. The molecule has 0 aliphatic carbocycles. The lowest BCUT2D eigenvalue weighted by molar-refractivity contribution is 0.627. The Morgan fingerprint density at radius 1 is 0.920 bits per heavy atom. The maximum absolute atomic E-state index is 13.1. The Morgan fingerprint density at radius 2 is 1.80 bits per heavy atom. The van der Waals surface area contributed by atoms with Gasteiger partial charge in [-0.25, -0.2) is 14.1 Å². The molecule has 4 heterocycles. The van der Waals surface area contributed by atoms with E-state index < -0.39 is 0 Å². The SMILES string of the molecule is Fc1ccc(-n2ncc3c2ncn2c(-c4cccnc4)nnc32)cc1. The predicted molar refractivity (Wildman–Crippen MR) is 88.6 cm³/mol. The average Bonchev–Trinajstić information content (AvgIpc) is 3.27. The molecular weight excluding hydrogens is 321 g/mol. The minimum absolute atomic E-state index is 0.297. The quantitative estimate of drug-likeness (QED) is 0.497. The number of benzene rings is 1. The lowest BCUT2D eigenvalue weighted by Gasteiger charge is -2.03. The fourth-order valence-corrected chi connectivity index (χ4v) is 2.78. The zero-order valence-corrected chi connectivity index (χ0v) is 12.8. The first kappa shape index (κ1) is 13.7. The van der Waals surface area contributed by atoms with Gasteiger partial charge in [-0.3, -0.25) is 9.38 Å². The van der Waals surface area contributed by atoms with E-state index in [0.717, 1.165) is 16.6 Å². The van der Waals surface area contributed by atoms with Crippen molar-refractivity contribution in [2.24, 2.45) is 0 Å². The molecule has 0 bridgehead atoms. The number of fused-ring (bicyclic) bond motifs is 3. The average molecular weight is 331 g/mol. The van der Waals surface area contributed by atoms with Gasteiger partial charge in [0, 0.05) is 18.0 Å². The van der Waals surface area contributed by atoms with Crippen molar-refractivity contribution in [2.45, 2.75) is 0 Å². The predicted octanol–water partition coefficient (Wildman–Crippen LogP) is 2.66. The van der Waals surface area contributed by atoms with Crippen LogP contribution in [0.1, 0.15) is 0 Å².